The molecule has 0 aromatic heterocycles. The third-order valence-corrected chi connectivity index (χ3v) is 8.30. The van der Waals surface area contributed by atoms with E-state index in [1.54, 1.807) is 20.8 Å². The molecule has 0 bridgehead atoms. The van der Waals surface area contributed by atoms with E-state index in [0.29, 0.717) is 6.42 Å². The molecule has 18 heteroatoms. The lowest BCUT2D eigenvalue weighted by atomic mass is 9.65. The Morgan fingerprint density at radius 2 is 1.06 bits per heavy atom. The number of rotatable bonds is 7. The highest BCUT2D eigenvalue weighted by Gasteiger charge is 2.78. The number of carbonyl (C=O) groups excluding carboxylic acids is 2. The van der Waals surface area contributed by atoms with Crippen molar-refractivity contribution in [2.45, 2.75) is 109 Å². The van der Waals surface area contributed by atoms with Crippen LogP contribution in [-0.4, -0.2) is 64.2 Å². The standard InChI is InChI=1S/C30H36F12O6/c1-23(2,3)14-20(24(4,5)6)22(44)47-18-9-7-15(8-10-18)21(43)48-19-12-16(25(45,27(31,32)33)28(34,35)36)11-17(13-19)26(46,29(37,38)39)30(40,41)42/h7-10,16-17,19-20,45-46H,11-14H2,1-6H3. The highest BCUT2D eigenvalue weighted by molar-refractivity contribution is 5.89. The maximum absolute atomic E-state index is 13.6. The number of hydrogen-bond donors (Lipinski definition) is 2. The van der Waals surface area contributed by atoms with Gasteiger partial charge in [-0.15, -0.1) is 0 Å². The Balaban J connectivity index is 2.45. The Morgan fingerprint density at radius 1 is 0.688 bits per heavy atom. The van der Waals surface area contributed by atoms with Crippen LogP contribution in [0.25, 0.3) is 0 Å². The van der Waals surface area contributed by atoms with Gasteiger partial charge in [0.25, 0.3) is 11.2 Å². The molecule has 3 atom stereocenters. The van der Waals surface area contributed by atoms with Gasteiger partial charge in [-0.25, -0.2) is 4.79 Å². The zero-order valence-corrected chi connectivity index (χ0v) is 26.5. The Bertz CT molecular complexity index is 1210. The predicted molar refractivity (Wildman–Crippen MR) is 143 cm³/mol. The van der Waals surface area contributed by atoms with E-state index in [9.17, 15) is 72.5 Å². The quantitative estimate of drug-likeness (QED) is 0.167. The molecule has 1 aliphatic rings. The number of ether oxygens (including phenoxy) is 2. The molecule has 0 spiro atoms. The van der Waals surface area contributed by atoms with E-state index in [1.807, 2.05) is 20.8 Å². The number of carbonyl (C=O) groups is 2. The molecule has 1 fully saturated rings. The average Bonchev–Trinajstić information content (AvgIpc) is 2.87. The lowest BCUT2D eigenvalue weighted by Crippen LogP contribution is -2.67. The van der Waals surface area contributed by atoms with Crippen LogP contribution in [0.3, 0.4) is 0 Å². The second-order valence-corrected chi connectivity index (χ2v) is 14.3. The van der Waals surface area contributed by atoms with Gasteiger partial charge in [-0.3, -0.25) is 4.79 Å². The van der Waals surface area contributed by atoms with Crippen molar-refractivity contribution in [1.82, 2.24) is 0 Å². The third kappa shape index (κ3) is 8.69. The Labute approximate surface area is 267 Å². The van der Waals surface area contributed by atoms with Gasteiger partial charge < -0.3 is 19.7 Å². The maximum Gasteiger partial charge on any atom is 0.426 e. The minimum atomic E-state index is -6.66. The number of esters is 2. The largest absolute Gasteiger partial charge is 0.459 e. The summed E-state index contributed by atoms with van der Waals surface area (Å²) in [5, 5.41) is 19.7. The number of alkyl halides is 12. The van der Waals surface area contributed by atoms with Crippen molar-refractivity contribution in [2.24, 2.45) is 28.6 Å². The van der Waals surface area contributed by atoms with Gasteiger partial charge in [0.2, 0.25) is 0 Å². The summed E-state index contributed by atoms with van der Waals surface area (Å²) in [6.45, 7) is 11.1. The summed E-state index contributed by atoms with van der Waals surface area (Å²) in [5.41, 5.74) is -13.0. The van der Waals surface area contributed by atoms with Crippen LogP contribution in [0, 0.1) is 28.6 Å². The van der Waals surface area contributed by atoms with Crippen molar-refractivity contribution in [1.29, 1.82) is 0 Å². The number of benzene rings is 1. The summed E-state index contributed by atoms with van der Waals surface area (Å²) in [5.74, 6) is -9.91. The first-order valence-electron chi connectivity index (χ1n) is 14.4. The van der Waals surface area contributed by atoms with Gasteiger partial charge in [0.15, 0.2) is 0 Å². The van der Waals surface area contributed by atoms with Crippen molar-refractivity contribution in [3.63, 3.8) is 0 Å². The first-order valence-corrected chi connectivity index (χ1v) is 14.4. The van der Waals surface area contributed by atoms with Crippen molar-refractivity contribution in [3.8, 4) is 5.75 Å². The van der Waals surface area contributed by atoms with E-state index < -0.39 is 102 Å². The molecule has 0 radical (unpaired) electrons. The fourth-order valence-corrected chi connectivity index (χ4v) is 5.71. The van der Waals surface area contributed by atoms with Crippen molar-refractivity contribution < 1.29 is 82.0 Å². The number of halogens is 12. The van der Waals surface area contributed by atoms with Gasteiger partial charge in [0.05, 0.1) is 11.5 Å². The van der Waals surface area contributed by atoms with Crippen LogP contribution in [0.5, 0.6) is 5.75 Å². The minimum Gasteiger partial charge on any atom is -0.459 e. The van der Waals surface area contributed by atoms with Gasteiger partial charge in [0.1, 0.15) is 11.9 Å². The number of hydrogen-bond acceptors (Lipinski definition) is 6. The Hall–Kier alpha value is -2.76. The van der Waals surface area contributed by atoms with E-state index in [0.717, 1.165) is 24.3 Å². The second kappa shape index (κ2) is 13.2. The van der Waals surface area contributed by atoms with E-state index in [-0.39, 0.29) is 11.2 Å². The smallest absolute Gasteiger partial charge is 0.426 e. The van der Waals surface area contributed by atoms with Crippen molar-refractivity contribution >= 4 is 11.9 Å². The maximum atomic E-state index is 13.6. The van der Waals surface area contributed by atoms with E-state index in [2.05, 4.69) is 0 Å². The summed E-state index contributed by atoms with van der Waals surface area (Å²) < 4.78 is 174. The van der Waals surface area contributed by atoms with Gasteiger partial charge >= 0.3 is 36.6 Å². The molecule has 2 N–H and O–H groups in total. The first kappa shape index (κ1) is 41.4. The first-order chi connectivity index (χ1) is 21.2. The minimum absolute atomic E-state index is 0.113. The molecule has 1 aromatic rings. The highest BCUT2D eigenvalue weighted by Crippen LogP contribution is 2.58. The SMILES string of the molecule is CC(C)(C)CC(C(=O)Oc1ccc(C(=O)OC2CC(C(O)(C(F)(F)F)C(F)(F)F)CC(C(O)(C(F)(F)F)C(F)(F)F)C2)cc1)C(C)(C)C. The molecule has 0 aliphatic heterocycles. The zero-order chi connectivity index (χ0) is 37.7. The molecule has 1 aromatic carbocycles. The topological polar surface area (TPSA) is 93.1 Å². The van der Waals surface area contributed by atoms with Gasteiger partial charge in [-0.1, -0.05) is 41.5 Å². The molecule has 3 unspecified atom stereocenters. The average molecular weight is 721 g/mol. The molecular weight excluding hydrogens is 684 g/mol. The van der Waals surface area contributed by atoms with Crippen LogP contribution in [0.1, 0.15) is 77.6 Å². The van der Waals surface area contributed by atoms with Crippen LogP contribution >= 0.6 is 0 Å². The Kier molecular flexibility index (Phi) is 11.4. The summed E-state index contributed by atoms with van der Waals surface area (Å²) in [6, 6.07) is 3.94. The van der Waals surface area contributed by atoms with Crippen molar-refractivity contribution in [2.75, 3.05) is 0 Å². The zero-order valence-electron chi connectivity index (χ0n) is 26.5. The lowest BCUT2D eigenvalue weighted by Gasteiger charge is -2.48. The molecule has 1 aliphatic carbocycles. The lowest BCUT2D eigenvalue weighted by molar-refractivity contribution is -0.405. The van der Waals surface area contributed by atoms with E-state index in [1.165, 1.54) is 0 Å². The van der Waals surface area contributed by atoms with Crippen LogP contribution in [0.15, 0.2) is 24.3 Å². The summed E-state index contributed by atoms with van der Waals surface area (Å²) >= 11 is 0. The van der Waals surface area contributed by atoms with Crippen LogP contribution in [-0.2, 0) is 9.53 Å². The second-order valence-electron chi connectivity index (χ2n) is 14.3. The Morgan fingerprint density at radius 3 is 1.38 bits per heavy atom. The van der Waals surface area contributed by atoms with Gasteiger partial charge in [-0.05, 0) is 60.8 Å². The highest BCUT2D eigenvalue weighted by atomic mass is 19.4. The summed E-state index contributed by atoms with van der Waals surface area (Å²) in [6.07, 6.45) is -34.3. The molecule has 48 heavy (non-hydrogen) atoms. The molecule has 0 amide bonds. The molecule has 2 rings (SSSR count). The van der Waals surface area contributed by atoms with Gasteiger partial charge in [0, 0.05) is 11.8 Å². The molecule has 276 valence electrons. The van der Waals surface area contributed by atoms with E-state index >= 15 is 0 Å². The van der Waals surface area contributed by atoms with Crippen LogP contribution < -0.4 is 4.74 Å². The van der Waals surface area contributed by atoms with E-state index in [4.69, 9.17) is 9.47 Å². The third-order valence-electron chi connectivity index (χ3n) is 8.30. The fraction of sp³-hybridized carbons (Fsp3) is 0.733. The van der Waals surface area contributed by atoms with Crippen LogP contribution in [0.2, 0.25) is 0 Å². The monoisotopic (exact) mass is 720 g/mol. The normalized spacial score (nSPS) is 21.5. The summed E-state index contributed by atoms with van der Waals surface area (Å²) in [7, 11) is 0. The molecule has 0 saturated heterocycles. The molecular formula is C30H36F12O6. The van der Waals surface area contributed by atoms with Crippen molar-refractivity contribution in [3.05, 3.63) is 29.8 Å². The molecule has 6 nitrogen and oxygen atoms in total. The fourth-order valence-electron chi connectivity index (χ4n) is 5.71. The summed E-state index contributed by atoms with van der Waals surface area (Å²) in [4.78, 5) is 25.7. The van der Waals surface area contributed by atoms with Crippen LogP contribution in [0.4, 0.5) is 52.7 Å². The molecule has 0 heterocycles. The predicted octanol–water partition coefficient (Wildman–Crippen LogP) is 8.34. The number of aliphatic hydroxyl groups is 2. The molecule has 1 saturated carbocycles. The van der Waals surface area contributed by atoms with Gasteiger partial charge in [-0.2, -0.15) is 52.7 Å².